The van der Waals surface area contributed by atoms with Gasteiger partial charge in [0.05, 0.1) is 34.4 Å². The van der Waals surface area contributed by atoms with Gasteiger partial charge in [0.1, 0.15) is 6.61 Å². The van der Waals surface area contributed by atoms with E-state index in [2.05, 4.69) is 13.8 Å². The molecule has 0 saturated heterocycles. The zero-order chi connectivity index (χ0) is 35.0. The molecule has 0 heterocycles. The predicted octanol–water partition coefficient (Wildman–Crippen LogP) is 9.80. The number of esters is 2. The second kappa shape index (κ2) is 31.6. The number of nitrogens with zero attached hydrogens (tertiary/aromatic N) is 1. The monoisotopic (exact) mass is 671 g/mol. The van der Waals surface area contributed by atoms with Crippen molar-refractivity contribution in [2.75, 3.05) is 41.0 Å². The molecular formula is C39H76NO7+. The summed E-state index contributed by atoms with van der Waals surface area (Å²) in [5, 5.41) is 9.57. The van der Waals surface area contributed by atoms with E-state index in [1.54, 1.807) is 0 Å². The Kier molecular flexibility index (Phi) is 30.5. The van der Waals surface area contributed by atoms with Crippen molar-refractivity contribution in [3.8, 4) is 0 Å². The lowest BCUT2D eigenvalue weighted by molar-refractivity contribution is -0.887. The first-order valence-corrected chi connectivity index (χ1v) is 19.6. The Morgan fingerprint density at radius 1 is 0.553 bits per heavy atom. The number of likely N-dealkylation sites (N-methyl/N-ethyl adjacent to an activating group) is 1. The molecule has 0 aliphatic rings. The molecule has 8 heteroatoms. The first-order valence-electron chi connectivity index (χ1n) is 19.6. The summed E-state index contributed by atoms with van der Waals surface area (Å²) in [4.78, 5) is 36.7. The fourth-order valence-corrected chi connectivity index (χ4v) is 5.91. The smallest absolute Gasteiger partial charge is 0.362 e. The van der Waals surface area contributed by atoms with E-state index in [-0.39, 0.29) is 36.2 Å². The number of ether oxygens (including phenoxy) is 3. The third-order valence-corrected chi connectivity index (χ3v) is 9.01. The SMILES string of the molecule is CCCCCCCCCCCCCCCC(=O)OCC(COCCC(C(=O)O)[N+](C)(C)C)OC(=O)CCCCCCCCCCCC. The maximum atomic E-state index is 12.6. The molecule has 2 atom stereocenters. The van der Waals surface area contributed by atoms with Gasteiger partial charge in [-0.25, -0.2) is 4.79 Å². The Bertz CT molecular complexity index is 752. The van der Waals surface area contributed by atoms with Crippen molar-refractivity contribution in [2.45, 2.75) is 193 Å². The molecule has 1 N–H and O–H groups in total. The van der Waals surface area contributed by atoms with Gasteiger partial charge in [0.15, 0.2) is 12.1 Å². The molecule has 8 nitrogen and oxygen atoms in total. The molecule has 2 unspecified atom stereocenters. The van der Waals surface area contributed by atoms with Gasteiger partial charge >= 0.3 is 17.9 Å². The van der Waals surface area contributed by atoms with Crippen LogP contribution < -0.4 is 0 Å². The molecule has 0 amide bonds. The molecule has 0 rings (SSSR count). The Morgan fingerprint density at radius 3 is 1.32 bits per heavy atom. The number of quaternary nitrogens is 1. The first kappa shape index (κ1) is 45.3. The maximum absolute atomic E-state index is 12.6. The largest absolute Gasteiger partial charge is 0.477 e. The minimum Gasteiger partial charge on any atom is -0.477 e. The van der Waals surface area contributed by atoms with E-state index in [4.69, 9.17) is 14.2 Å². The average Bonchev–Trinajstić information content (AvgIpc) is 3.01. The van der Waals surface area contributed by atoms with Crippen LogP contribution in [0.1, 0.15) is 181 Å². The molecule has 0 aromatic rings. The summed E-state index contributed by atoms with van der Waals surface area (Å²) < 4.78 is 17.2. The zero-order valence-electron chi connectivity index (χ0n) is 31.5. The summed E-state index contributed by atoms with van der Waals surface area (Å²) in [5.41, 5.74) is 0. The van der Waals surface area contributed by atoms with Crippen molar-refractivity contribution in [1.29, 1.82) is 0 Å². The summed E-state index contributed by atoms with van der Waals surface area (Å²) in [6.07, 6.45) is 28.5. The molecule has 47 heavy (non-hydrogen) atoms. The van der Waals surface area contributed by atoms with Crippen LogP contribution in [-0.2, 0) is 28.6 Å². The molecule has 0 aliphatic heterocycles. The highest BCUT2D eigenvalue weighted by Gasteiger charge is 2.31. The molecule has 0 saturated carbocycles. The number of unbranched alkanes of at least 4 members (excludes halogenated alkanes) is 21. The van der Waals surface area contributed by atoms with Crippen LogP contribution in [-0.4, -0.2) is 80.6 Å². The third-order valence-electron chi connectivity index (χ3n) is 9.01. The molecular weight excluding hydrogens is 594 g/mol. The minimum atomic E-state index is -0.873. The molecule has 0 bridgehead atoms. The van der Waals surface area contributed by atoms with Crippen LogP contribution in [0.3, 0.4) is 0 Å². The van der Waals surface area contributed by atoms with Crippen LogP contribution in [0.4, 0.5) is 0 Å². The summed E-state index contributed by atoms with van der Waals surface area (Å²) in [6.45, 7) is 4.73. The second-order valence-electron chi connectivity index (χ2n) is 14.6. The lowest BCUT2D eigenvalue weighted by Crippen LogP contribution is -2.50. The van der Waals surface area contributed by atoms with E-state index in [0.717, 1.165) is 38.5 Å². The summed E-state index contributed by atoms with van der Waals surface area (Å²) in [7, 11) is 5.52. The molecule has 0 spiro atoms. The van der Waals surface area contributed by atoms with Crippen LogP contribution in [0.15, 0.2) is 0 Å². The molecule has 0 aromatic heterocycles. The third kappa shape index (κ3) is 30.1. The first-order chi connectivity index (χ1) is 22.6. The number of carbonyl (C=O) groups excluding carboxylic acids is 2. The molecule has 278 valence electrons. The standard InChI is InChI=1S/C39H75NO7/c1-6-8-10-12-14-16-18-19-20-22-23-25-27-29-37(41)46-34-35(33-45-32-31-36(39(43)44)40(3,4)5)47-38(42)30-28-26-24-21-17-15-13-11-9-7-2/h35-36H,6-34H2,1-5H3/p+1. The van der Waals surface area contributed by atoms with E-state index in [1.807, 2.05) is 21.1 Å². The number of hydrogen-bond acceptors (Lipinski definition) is 6. The van der Waals surface area contributed by atoms with Gasteiger partial charge in [0.25, 0.3) is 0 Å². The van der Waals surface area contributed by atoms with Crippen LogP contribution in [0.25, 0.3) is 0 Å². The lowest BCUT2D eigenvalue weighted by atomic mass is 10.0. The number of carbonyl (C=O) groups is 3. The fraction of sp³-hybridized carbons (Fsp3) is 0.923. The van der Waals surface area contributed by atoms with Gasteiger partial charge in [-0.15, -0.1) is 0 Å². The van der Waals surface area contributed by atoms with Crippen molar-refractivity contribution in [1.82, 2.24) is 0 Å². The molecule has 0 aliphatic carbocycles. The molecule has 0 radical (unpaired) electrons. The van der Waals surface area contributed by atoms with Crippen molar-refractivity contribution in [3.63, 3.8) is 0 Å². The normalized spacial score (nSPS) is 13.0. The lowest BCUT2D eigenvalue weighted by Gasteiger charge is -2.31. The van der Waals surface area contributed by atoms with E-state index >= 15 is 0 Å². The fourth-order valence-electron chi connectivity index (χ4n) is 5.91. The summed E-state index contributed by atoms with van der Waals surface area (Å²) >= 11 is 0. The second-order valence-corrected chi connectivity index (χ2v) is 14.6. The Labute approximate surface area is 289 Å². The van der Waals surface area contributed by atoms with E-state index in [9.17, 15) is 19.5 Å². The van der Waals surface area contributed by atoms with Gasteiger partial charge in [0, 0.05) is 19.3 Å². The topological polar surface area (TPSA) is 99.1 Å². The van der Waals surface area contributed by atoms with Crippen LogP contribution in [0.2, 0.25) is 0 Å². The highest BCUT2D eigenvalue weighted by molar-refractivity contribution is 5.72. The molecule has 0 fully saturated rings. The van der Waals surface area contributed by atoms with E-state index < -0.39 is 18.1 Å². The van der Waals surface area contributed by atoms with Gasteiger partial charge in [-0.3, -0.25) is 9.59 Å². The number of carboxylic acid groups (broad SMARTS) is 1. The van der Waals surface area contributed by atoms with Gasteiger partial charge in [-0.1, -0.05) is 149 Å². The van der Waals surface area contributed by atoms with E-state index in [1.165, 1.54) is 109 Å². The van der Waals surface area contributed by atoms with Crippen LogP contribution >= 0.6 is 0 Å². The maximum Gasteiger partial charge on any atom is 0.362 e. The molecule has 0 aromatic carbocycles. The summed E-state index contributed by atoms with van der Waals surface area (Å²) in [5.74, 6) is -1.46. The highest BCUT2D eigenvalue weighted by Crippen LogP contribution is 2.15. The number of carboxylic acids is 1. The Morgan fingerprint density at radius 2 is 0.936 bits per heavy atom. The van der Waals surface area contributed by atoms with Gasteiger partial charge in [-0.05, 0) is 12.8 Å². The number of rotatable bonds is 35. The van der Waals surface area contributed by atoms with Crippen molar-refractivity contribution >= 4 is 17.9 Å². The zero-order valence-corrected chi connectivity index (χ0v) is 31.5. The van der Waals surface area contributed by atoms with Gasteiger partial charge in [-0.2, -0.15) is 0 Å². The van der Waals surface area contributed by atoms with Crippen molar-refractivity contribution in [3.05, 3.63) is 0 Å². The van der Waals surface area contributed by atoms with Gasteiger partial charge < -0.3 is 23.8 Å². The van der Waals surface area contributed by atoms with Crippen LogP contribution in [0, 0.1) is 0 Å². The average molecular weight is 671 g/mol. The van der Waals surface area contributed by atoms with Crippen LogP contribution in [0.5, 0.6) is 0 Å². The van der Waals surface area contributed by atoms with E-state index in [0.29, 0.717) is 19.3 Å². The number of aliphatic carboxylic acids is 1. The van der Waals surface area contributed by atoms with Crippen molar-refractivity contribution < 1.29 is 38.2 Å². The Hall–Kier alpha value is -1.67. The highest BCUT2D eigenvalue weighted by atomic mass is 16.6. The predicted molar refractivity (Wildman–Crippen MR) is 193 cm³/mol. The van der Waals surface area contributed by atoms with Crippen molar-refractivity contribution in [2.24, 2.45) is 0 Å². The number of hydrogen-bond donors (Lipinski definition) is 1. The summed E-state index contributed by atoms with van der Waals surface area (Å²) in [6, 6.07) is -0.606. The van der Waals surface area contributed by atoms with Gasteiger partial charge in [0.2, 0.25) is 0 Å². The Balaban J connectivity index is 4.37. The quantitative estimate of drug-likeness (QED) is 0.0407. The minimum absolute atomic E-state index is 0.0429.